The molecule has 1 amide bonds. The fraction of sp³-hybridized carbons (Fsp3) is 0.476. The zero-order chi connectivity index (χ0) is 20.3. The van der Waals surface area contributed by atoms with Gasteiger partial charge in [-0.3, -0.25) is 9.69 Å². The average molecular weight is 385 g/mol. The molecule has 1 aromatic heterocycles. The molecule has 3 rings (SSSR count). The van der Waals surface area contributed by atoms with Crippen molar-refractivity contribution in [2.45, 2.75) is 39.7 Å². The first-order chi connectivity index (χ1) is 13.3. The number of benzene rings is 1. The summed E-state index contributed by atoms with van der Waals surface area (Å²) in [5.41, 5.74) is 1.18. The highest BCUT2D eigenvalue weighted by atomic mass is 19.1. The summed E-state index contributed by atoms with van der Waals surface area (Å²) in [6.07, 6.45) is 0. The largest absolute Gasteiger partial charge is 0.354 e. The molecule has 0 unspecified atom stereocenters. The molecule has 0 aliphatic carbocycles. The number of carbonyl (C=O) groups is 1. The minimum absolute atomic E-state index is 0.196. The molecule has 2 aromatic rings. The summed E-state index contributed by atoms with van der Waals surface area (Å²) in [6, 6.07) is 7.90. The van der Waals surface area contributed by atoms with Crippen LogP contribution in [-0.4, -0.2) is 53.0 Å². The highest BCUT2D eigenvalue weighted by Crippen LogP contribution is 2.20. The molecule has 1 aromatic carbocycles. The van der Waals surface area contributed by atoms with Crippen LogP contribution in [0.15, 0.2) is 30.3 Å². The summed E-state index contributed by atoms with van der Waals surface area (Å²) >= 11 is 0. The third kappa shape index (κ3) is 4.65. The molecular weight excluding hydrogens is 357 g/mol. The number of anilines is 2. The highest BCUT2D eigenvalue weighted by molar-refractivity contribution is 5.94. The number of hydrogen-bond acceptors (Lipinski definition) is 5. The maximum atomic E-state index is 13.8. The first-order valence-corrected chi connectivity index (χ1v) is 9.75. The van der Waals surface area contributed by atoms with Gasteiger partial charge in [0.05, 0.1) is 11.7 Å². The van der Waals surface area contributed by atoms with Gasteiger partial charge in [0.2, 0.25) is 5.91 Å². The van der Waals surface area contributed by atoms with Crippen molar-refractivity contribution in [1.82, 2.24) is 14.9 Å². The zero-order valence-corrected chi connectivity index (χ0v) is 16.9. The van der Waals surface area contributed by atoms with Gasteiger partial charge in [-0.15, -0.1) is 0 Å². The van der Waals surface area contributed by atoms with E-state index < -0.39 is 5.82 Å². The first-order valence-electron chi connectivity index (χ1n) is 9.75. The summed E-state index contributed by atoms with van der Waals surface area (Å²) in [5.74, 6) is 1.46. The van der Waals surface area contributed by atoms with Crippen LogP contribution in [0.3, 0.4) is 0 Å². The Balaban J connectivity index is 1.60. The van der Waals surface area contributed by atoms with Crippen molar-refractivity contribution in [3.8, 4) is 0 Å². The molecule has 1 N–H and O–H groups in total. The monoisotopic (exact) mass is 385 g/mol. The molecule has 150 valence electrons. The Hall–Kier alpha value is -2.54. The van der Waals surface area contributed by atoms with E-state index in [0.717, 1.165) is 43.5 Å². The van der Waals surface area contributed by atoms with Crippen molar-refractivity contribution in [2.24, 2.45) is 0 Å². The quantitative estimate of drug-likeness (QED) is 0.856. The smallest absolute Gasteiger partial charge is 0.241 e. The fourth-order valence-electron chi connectivity index (χ4n) is 3.30. The lowest BCUT2D eigenvalue weighted by atomic mass is 10.2. The Morgan fingerprint density at radius 3 is 2.43 bits per heavy atom. The van der Waals surface area contributed by atoms with E-state index >= 15 is 0 Å². The van der Waals surface area contributed by atoms with Gasteiger partial charge in [0.1, 0.15) is 17.5 Å². The van der Waals surface area contributed by atoms with E-state index in [2.05, 4.69) is 33.9 Å². The number of aromatic nitrogens is 2. The molecule has 1 aliphatic rings. The van der Waals surface area contributed by atoms with E-state index in [1.165, 1.54) is 6.07 Å². The average Bonchev–Trinajstić information content (AvgIpc) is 2.68. The van der Waals surface area contributed by atoms with Crippen LogP contribution in [0.5, 0.6) is 0 Å². The first kappa shape index (κ1) is 20.2. The van der Waals surface area contributed by atoms with Gasteiger partial charge < -0.3 is 10.2 Å². The number of halogens is 1. The van der Waals surface area contributed by atoms with Gasteiger partial charge in [-0.05, 0) is 26.0 Å². The number of nitrogens with zero attached hydrogens (tertiary/aromatic N) is 4. The molecule has 1 saturated heterocycles. The van der Waals surface area contributed by atoms with Crippen molar-refractivity contribution < 1.29 is 9.18 Å². The predicted octanol–water partition coefficient (Wildman–Crippen LogP) is 3.20. The van der Waals surface area contributed by atoms with E-state index in [-0.39, 0.29) is 23.6 Å². The molecule has 0 radical (unpaired) electrons. The van der Waals surface area contributed by atoms with Crippen LogP contribution < -0.4 is 10.2 Å². The van der Waals surface area contributed by atoms with Crippen molar-refractivity contribution in [2.75, 3.05) is 36.4 Å². The van der Waals surface area contributed by atoms with E-state index in [1.807, 2.05) is 19.9 Å². The maximum Gasteiger partial charge on any atom is 0.241 e. The molecule has 0 bridgehead atoms. The van der Waals surface area contributed by atoms with Crippen LogP contribution in [0.4, 0.5) is 15.9 Å². The molecule has 1 atom stereocenters. The van der Waals surface area contributed by atoms with Crippen molar-refractivity contribution in [3.05, 3.63) is 47.7 Å². The van der Waals surface area contributed by atoms with Crippen molar-refractivity contribution in [1.29, 1.82) is 0 Å². The number of aryl methyl sites for hydroxylation is 1. The van der Waals surface area contributed by atoms with Crippen molar-refractivity contribution >= 4 is 17.4 Å². The van der Waals surface area contributed by atoms with E-state index in [1.54, 1.807) is 18.2 Å². The topological polar surface area (TPSA) is 61.4 Å². The molecule has 7 heteroatoms. The van der Waals surface area contributed by atoms with Crippen LogP contribution in [0.25, 0.3) is 0 Å². The summed E-state index contributed by atoms with van der Waals surface area (Å²) < 4.78 is 13.8. The summed E-state index contributed by atoms with van der Waals surface area (Å²) in [4.78, 5) is 26.1. The summed E-state index contributed by atoms with van der Waals surface area (Å²) in [6.45, 7) is 11.1. The molecule has 0 spiro atoms. The summed E-state index contributed by atoms with van der Waals surface area (Å²) in [7, 11) is 0. The molecule has 1 aliphatic heterocycles. The Morgan fingerprint density at radius 1 is 1.11 bits per heavy atom. The maximum absolute atomic E-state index is 13.8. The number of carbonyl (C=O) groups excluding carboxylic acids is 1. The standard InChI is InChI=1S/C21H28FN5O/c1-14(2)20-23-15(3)13-19(25-20)27-11-9-26(10-12-27)16(4)21(28)24-18-8-6-5-7-17(18)22/h5-8,13-14,16H,9-12H2,1-4H3,(H,24,28)/t16-/m1/s1. The lowest BCUT2D eigenvalue weighted by Gasteiger charge is -2.38. The number of amides is 1. The second-order valence-electron chi connectivity index (χ2n) is 7.55. The normalized spacial score (nSPS) is 16.3. The van der Waals surface area contributed by atoms with Crippen molar-refractivity contribution in [3.63, 3.8) is 0 Å². The fourth-order valence-corrected chi connectivity index (χ4v) is 3.30. The highest BCUT2D eigenvalue weighted by Gasteiger charge is 2.27. The van der Waals surface area contributed by atoms with E-state index in [0.29, 0.717) is 0 Å². The second-order valence-corrected chi connectivity index (χ2v) is 7.55. The van der Waals surface area contributed by atoms with Crippen LogP contribution in [-0.2, 0) is 4.79 Å². The van der Waals surface area contributed by atoms with E-state index in [4.69, 9.17) is 4.98 Å². The molecule has 2 heterocycles. The number of piperazine rings is 1. The number of nitrogens with one attached hydrogen (secondary N) is 1. The third-order valence-electron chi connectivity index (χ3n) is 5.07. The Kier molecular flexibility index (Phi) is 6.24. The molecule has 1 fully saturated rings. The van der Waals surface area contributed by atoms with Crippen LogP contribution in [0.2, 0.25) is 0 Å². The lowest BCUT2D eigenvalue weighted by Crippen LogP contribution is -2.53. The predicted molar refractivity (Wildman–Crippen MR) is 109 cm³/mol. The number of hydrogen-bond donors (Lipinski definition) is 1. The molecular formula is C21H28FN5O. The van der Waals surface area contributed by atoms with Gasteiger partial charge in [-0.25, -0.2) is 14.4 Å². The molecule has 6 nitrogen and oxygen atoms in total. The van der Waals surface area contributed by atoms with Gasteiger partial charge >= 0.3 is 0 Å². The van der Waals surface area contributed by atoms with Crippen LogP contribution in [0, 0.1) is 12.7 Å². The van der Waals surface area contributed by atoms with Crippen LogP contribution >= 0.6 is 0 Å². The molecule has 28 heavy (non-hydrogen) atoms. The van der Waals surface area contributed by atoms with Gasteiger partial charge in [-0.2, -0.15) is 0 Å². The minimum Gasteiger partial charge on any atom is -0.354 e. The minimum atomic E-state index is -0.423. The SMILES string of the molecule is Cc1cc(N2CCN([C@H](C)C(=O)Nc3ccccc3F)CC2)nc(C(C)C)n1. The summed E-state index contributed by atoms with van der Waals surface area (Å²) in [5, 5.41) is 2.69. The van der Waals surface area contributed by atoms with Gasteiger partial charge in [0, 0.05) is 43.9 Å². The second kappa shape index (κ2) is 8.65. The number of rotatable bonds is 5. The van der Waals surface area contributed by atoms with Gasteiger partial charge in [0.15, 0.2) is 0 Å². The number of para-hydroxylation sites is 1. The Labute approximate surface area is 165 Å². The Bertz CT molecular complexity index is 833. The lowest BCUT2D eigenvalue weighted by molar-refractivity contribution is -0.120. The van der Waals surface area contributed by atoms with Gasteiger partial charge in [0.25, 0.3) is 0 Å². The Morgan fingerprint density at radius 2 is 1.79 bits per heavy atom. The van der Waals surface area contributed by atoms with Crippen LogP contribution in [0.1, 0.15) is 38.2 Å². The zero-order valence-electron chi connectivity index (χ0n) is 16.9. The van der Waals surface area contributed by atoms with Gasteiger partial charge in [-0.1, -0.05) is 26.0 Å². The third-order valence-corrected chi connectivity index (χ3v) is 5.07. The molecule has 0 saturated carbocycles. The van der Waals surface area contributed by atoms with E-state index in [9.17, 15) is 9.18 Å².